The molecule has 0 saturated carbocycles. The monoisotopic (exact) mass is 262 g/mol. The van der Waals surface area contributed by atoms with Crippen molar-refractivity contribution in [1.29, 1.82) is 0 Å². The van der Waals surface area contributed by atoms with Gasteiger partial charge >= 0.3 is 0 Å². The molecule has 5 heteroatoms. The van der Waals surface area contributed by atoms with Crippen molar-refractivity contribution in [1.82, 2.24) is 15.2 Å². The van der Waals surface area contributed by atoms with E-state index in [1.165, 1.54) is 12.8 Å². The predicted octanol–water partition coefficient (Wildman–Crippen LogP) is 2.62. The SMILES string of the molecule is ClCC1CCCCN1c1nnc2ccccc2n1. The Labute approximate surface area is 111 Å². The van der Waals surface area contributed by atoms with Crippen molar-refractivity contribution < 1.29 is 0 Å². The molecular weight excluding hydrogens is 248 g/mol. The molecule has 1 unspecified atom stereocenters. The molecule has 1 atom stereocenters. The summed E-state index contributed by atoms with van der Waals surface area (Å²) in [7, 11) is 0. The first kappa shape index (κ1) is 11.7. The van der Waals surface area contributed by atoms with Gasteiger partial charge in [-0.1, -0.05) is 12.1 Å². The fourth-order valence-corrected chi connectivity index (χ4v) is 2.74. The number of benzene rings is 1. The Bertz CT molecular complexity index is 545. The molecule has 0 aliphatic carbocycles. The van der Waals surface area contributed by atoms with Crippen LogP contribution in [0.3, 0.4) is 0 Å². The average molecular weight is 263 g/mol. The Morgan fingerprint density at radius 1 is 1.17 bits per heavy atom. The molecule has 0 spiro atoms. The van der Waals surface area contributed by atoms with E-state index < -0.39 is 0 Å². The van der Waals surface area contributed by atoms with Crippen LogP contribution < -0.4 is 4.90 Å². The molecule has 1 aromatic carbocycles. The number of alkyl halides is 1. The van der Waals surface area contributed by atoms with Gasteiger partial charge in [0.1, 0.15) is 5.52 Å². The van der Waals surface area contributed by atoms with Crippen molar-refractivity contribution in [3.63, 3.8) is 0 Å². The van der Waals surface area contributed by atoms with Crippen LogP contribution in [0.2, 0.25) is 0 Å². The second kappa shape index (κ2) is 5.06. The first-order valence-corrected chi connectivity index (χ1v) is 6.84. The smallest absolute Gasteiger partial charge is 0.246 e. The maximum absolute atomic E-state index is 6.03. The number of para-hydroxylation sites is 1. The largest absolute Gasteiger partial charge is 0.335 e. The molecule has 2 aromatic rings. The van der Waals surface area contributed by atoms with Crippen molar-refractivity contribution in [3.05, 3.63) is 24.3 Å². The number of piperidine rings is 1. The van der Waals surface area contributed by atoms with E-state index in [1.54, 1.807) is 0 Å². The molecule has 3 rings (SSSR count). The topological polar surface area (TPSA) is 41.9 Å². The summed E-state index contributed by atoms with van der Waals surface area (Å²) in [6, 6.07) is 8.14. The highest BCUT2D eigenvalue weighted by molar-refractivity contribution is 6.18. The summed E-state index contributed by atoms with van der Waals surface area (Å²) in [6.45, 7) is 0.970. The highest BCUT2D eigenvalue weighted by Crippen LogP contribution is 2.23. The van der Waals surface area contributed by atoms with Crippen LogP contribution >= 0.6 is 11.6 Å². The number of hydrogen-bond acceptors (Lipinski definition) is 4. The van der Waals surface area contributed by atoms with Crippen molar-refractivity contribution in [2.24, 2.45) is 0 Å². The van der Waals surface area contributed by atoms with E-state index >= 15 is 0 Å². The zero-order valence-electron chi connectivity index (χ0n) is 10.1. The molecule has 0 amide bonds. The van der Waals surface area contributed by atoms with E-state index in [4.69, 9.17) is 11.6 Å². The van der Waals surface area contributed by atoms with E-state index in [-0.39, 0.29) is 0 Å². The maximum atomic E-state index is 6.03. The Balaban J connectivity index is 1.97. The first-order valence-electron chi connectivity index (χ1n) is 6.30. The summed E-state index contributed by atoms with van der Waals surface area (Å²) in [5, 5.41) is 8.46. The van der Waals surface area contributed by atoms with Gasteiger partial charge in [0.05, 0.1) is 5.52 Å². The predicted molar refractivity (Wildman–Crippen MR) is 73.0 cm³/mol. The van der Waals surface area contributed by atoms with Gasteiger partial charge in [0, 0.05) is 18.5 Å². The van der Waals surface area contributed by atoms with Gasteiger partial charge in [0.2, 0.25) is 5.95 Å². The molecule has 1 aliphatic heterocycles. The van der Waals surface area contributed by atoms with Gasteiger partial charge in [-0.2, -0.15) is 0 Å². The molecule has 0 bridgehead atoms. The number of hydrogen-bond donors (Lipinski definition) is 0. The fraction of sp³-hybridized carbons (Fsp3) is 0.462. The van der Waals surface area contributed by atoms with Gasteiger partial charge in [-0.3, -0.25) is 0 Å². The summed E-state index contributed by atoms with van der Waals surface area (Å²) >= 11 is 6.03. The van der Waals surface area contributed by atoms with Crippen LogP contribution in [-0.4, -0.2) is 33.6 Å². The fourth-order valence-electron chi connectivity index (χ4n) is 2.42. The quantitative estimate of drug-likeness (QED) is 0.781. The molecule has 1 saturated heterocycles. The number of rotatable bonds is 2. The zero-order valence-corrected chi connectivity index (χ0v) is 10.8. The Hall–Kier alpha value is -1.42. The number of nitrogens with zero attached hydrogens (tertiary/aromatic N) is 4. The van der Waals surface area contributed by atoms with Crippen LogP contribution in [0.15, 0.2) is 24.3 Å². The lowest BCUT2D eigenvalue weighted by Gasteiger charge is -2.34. The van der Waals surface area contributed by atoms with E-state index in [0.717, 1.165) is 24.0 Å². The molecular formula is C13H15ClN4. The zero-order chi connectivity index (χ0) is 12.4. The minimum atomic E-state index is 0.336. The normalized spacial score (nSPS) is 20.3. The van der Waals surface area contributed by atoms with Crippen molar-refractivity contribution in [3.8, 4) is 0 Å². The van der Waals surface area contributed by atoms with Gasteiger partial charge in [-0.05, 0) is 31.4 Å². The van der Waals surface area contributed by atoms with Gasteiger partial charge in [0.25, 0.3) is 0 Å². The second-order valence-corrected chi connectivity index (χ2v) is 4.91. The van der Waals surface area contributed by atoms with Crippen molar-refractivity contribution in [2.45, 2.75) is 25.3 Å². The molecule has 1 aliphatic rings. The van der Waals surface area contributed by atoms with E-state index in [9.17, 15) is 0 Å². The Kier molecular flexibility index (Phi) is 3.28. The van der Waals surface area contributed by atoms with Gasteiger partial charge < -0.3 is 4.90 Å². The van der Waals surface area contributed by atoms with Crippen LogP contribution in [0.1, 0.15) is 19.3 Å². The third-order valence-corrected chi connectivity index (χ3v) is 3.77. The van der Waals surface area contributed by atoms with Gasteiger partial charge in [-0.25, -0.2) is 4.98 Å². The highest BCUT2D eigenvalue weighted by Gasteiger charge is 2.24. The maximum Gasteiger partial charge on any atom is 0.246 e. The highest BCUT2D eigenvalue weighted by atomic mass is 35.5. The molecule has 1 aromatic heterocycles. The molecule has 1 fully saturated rings. The van der Waals surface area contributed by atoms with E-state index in [0.29, 0.717) is 17.9 Å². The molecule has 2 heterocycles. The van der Waals surface area contributed by atoms with E-state index in [1.807, 2.05) is 24.3 Å². The summed E-state index contributed by atoms with van der Waals surface area (Å²) in [4.78, 5) is 6.78. The number of halogens is 1. The minimum absolute atomic E-state index is 0.336. The summed E-state index contributed by atoms with van der Waals surface area (Å²) in [5.74, 6) is 1.33. The van der Waals surface area contributed by atoms with Crippen LogP contribution in [0, 0.1) is 0 Å². The minimum Gasteiger partial charge on any atom is -0.335 e. The third-order valence-electron chi connectivity index (χ3n) is 3.41. The van der Waals surface area contributed by atoms with Crippen LogP contribution in [0.5, 0.6) is 0 Å². The average Bonchev–Trinajstić information content (AvgIpc) is 2.46. The molecule has 4 nitrogen and oxygen atoms in total. The lowest BCUT2D eigenvalue weighted by molar-refractivity contribution is 0.479. The van der Waals surface area contributed by atoms with Gasteiger partial charge in [0.15, 0.2) is 0 Å². The molecule has 0 radical (unpaired) electrons. The molecule has 18 heavy (non-hydrogen) atoms. The van der Waals surface area contributed by atoms with Crippen LogP contribution in [-0.2, 0) is 0 Å². The summed E-state index contributed by atoms with van der Waals surface area (Å²) in [5.41, 5.74) is 1.72. The lowest BCUT2D eigenvalue weighted by atomic mass is 10.0. The number of aromatic nitrogens is 3. The Morgan fingerprint density at radius 3 is 2.83 bits per heavy atom. The third kappa shape index (κ3) is 2.12. The first-order chi connectivity index (χ1) is 8.88. The second-order valence-electron chi connectivity index (χ2n) is 4.60. The summed E-state index contributed by atoms with van der Waals surface area (Å²) in [6.07, 6.45) is 3.51. The van der Waals surface area contributed by atoms with Crippen LogP contribution in [0.25, 0.3) is 11.0 Å². The number of anilines is 1. The summed E-state index contributed by atoms with van der Waals surface area (Å²) < 4.78 is 0. The van der Waals surface area contributed by atoms with Crippen molar-refractivity contribution >= 4 is 28.6 Å². The van der Waals surface area contributed by atoms with Crippen molar-refractivity contribution in [2.75, 3.05) is 17.3 Å². The van der Waals surface area contributed by atoms with E-state index in [2.05, 4.69) is 20.1 Å². The molecule has 94 valence electrons. The lowest BCUT2D eigenvalue weighted by Crippen LogP contribution is -2.41. The van der Waals surface area contributed by atoms with Crippen LogP contribution in [0.4, 0.5) is 5.95 Å². The molecule has 0 N–H and O–H groups in total. The Morgan fingerprint density at radius 2 is 2.00 bits per heavy atom. The van der Waals surface area contributed by atoms with Gasteiger partial charge in [-0.15, -0.1) is 21.8 Å². The standard InChI is InChI=1S/C13H15ClN4/c14-9-10-5-3-4-8-18(10)13-15-11-6-1-2-7-12(11)16-17-13/h1-2,6-7,10H,3-5,8-9H2. The number of fused-ring (bicyclic) bond motifs is 1.